The van der Waals surface area contributed by atoms with Gasteiger partial charge >= 0.3 is 7.60 Å². The van der Waals surface area contributed by atoms with Crippen molar-refractivity contribution in [1.82, 2.24) is 4.90 Å². The SMILES string of the molecule is O=P(O)(O)CCN1CCCC1. The Bertz CT molecular complexity index is 161. The standard InChI is InChI=1S/C6H14NO3P/c8-11(9,10)6-5-7-3-1-2-4-7/h1-6H2,(H2,8,9,10). The summed E-state index contributed by atoms with van der Waals surface area (Å²) in [6.45, 7) is 2.55. The Morgan fingerprint density at radius 2 is 1.82 bits per heavy atom. The van der Waals surface area contributed by atoms with Crippen LogP contribution >= 0.6 is 7.60 Å². The van der Waals surface area contributed by atoms with E-state index in [0.29, 0.717) is 6.54 Å². The lowest BCUT2D eigenvalue weighted by Gasteiger charge is -2.14. The number of hydrogen-bond acceptors (Lipinski definition) is 2. The summed E-state index contributed by atoms with van der Waals surface area (Å²) in [5.74, 6) is 0. The lowest BCUT2D eigenvalue weighted by molar-refractivity contribution is 0.331. The summed E-state index contributed by atoms with van der Waals surface area (Å²) in [5, 5.41) is 0. The molecular weight excluding hydrogens is 165 g/mol. The van der Waals surface area contributed by atoms with Crippen LogP contribution in [0.4, 0.5) is 0 Å². The zero-order chi connectivity index (χ0) is 8.32. The van der Waals surface area contributed by atoms with E-state index < -0.39 is 7.60 Å². The quantitative estimate of drug-likeness (QED) is 0.610. The van der Waals surface area contributed by atoms with Gasteiger partial charge in [-0.25, -0.2) is 0 Å². The van der Waals surface area contributed by atoms with Crippen LogP contribution in [0.25, 0.3) is 0 Å². The van der Waals surface area contributed by atoms with Gasteiger partial charge in [0.15, 0.2) is 0 Å². The summed E-state index contributed by atoms with van der Waals surface area (Å²) in [6.07, 6.45) is 2.34. The molecule has 0 radical (unpaired) electrons. The zero-order valence-corrected chi connectivity index (χ0v) is 7.33. The molecular formula is C6H14NO3P. The van der Waals surface area contributed by atoms with Gasteiger partial charge in [0.2, 0.25) is 0 Å². The fraction of sp³-hybridized carbons (Fsp3) is 1.00. The maximum absolute atomic E-state index is 10.5. The first kappa shape index (κ1) is 9.20. The summed E-state index contributed by atoms with van der Waals surface area (Å²) < 4.78 is 10.5. The minimum absolute atomic E-state index is 0.00694. The van der Waals surface area contributed by atoms with E-state index in [9.17, 15) is 4.57 Å². The molecule has 1 saturated heterocycles. The van der Waals surface area contributed by atoms with E-state index in [0.717, 1.165) is 13.1 Å². The Morgan fingerprint density at radius 3 is 2.27 bits per heavy atom. The van der Waals surface area contributed by atoms with Gasteiger partial charge in [0.1, 0.15) is 0 Å². The topological polar surface area (TPSA) is 60.8 Å². The summed E-state index contributed by atoms with van der Waals surface area (Å²) in [7, 11) is -3.76. The summed E-state index contributed by atoms with van der Waals surface area (Å²) >= 11 is 0. The predicted molar refractivity (Wildman–Crippen MR) is 42.6 cm³/mol. The van der Waals surface area contributed by atoms with Crippen LogP contribution < -0.4 is 0 Å². The Balaban J connectivity index is 2.16. The molecule has 0 aromatic carbocycles. The maximum atomic E-state index is 10.5. The van der Waals surface area contributed by atoms with E-state index in [4.69, 9.17) is 9.79 Å². The first-order chi connectivity index (χ1) is 5.08. The van der Waals surface area contributed by atoms with E-state index in [1.165, 1.54) is 12.8 Å². The van der Waals surface area contributed by atoms with Gasteiger partial charge in [-0.3, -0.25) is 4.57 Å². The van der Waals surface area contributed by atoms with E-state index >= 15 is 0 Å². The highest BCUT2D eigenvalue weighted by Gasteiger charge is 2.17. The highest BCUT2D eigenvalue weighted by molar-refractivity contribution is 7.51. The van der Waals surface area contributed by atoms with Crippen molar-refractivity contribution >= 4 is 7.60 Å². The van der Waals surface area contributed by atoms with Crippen molar-refractivity contribution in [1.29, 1.82) is 0 Å². The summed E-state index contributed by atoms with van der Waals surface area (Å²) in [4.78, 5) is 19.2. The second kappa shape index (κ2) is 3.68. The molecule has 0 aromatic rings. The largest absolute Gasteiger partial charge is 0.326 e. The van der Waals surface area contributed by atoms with E-state index in [1.807, 2.05) is 0 Å². The minimum atomic E-state index is -3.76. The number of likely N-dealkylation sites (tertiary alicyclic amines) is 1. The highest BCUT2D eigenvalue weighted by atomic mass is 31.2. The molecule has 0 unspecified atom stereocenters. The highest BCUT2D eigenvalue weighted by Crippen LogP contribution is 2.33. The van der Waals surface area contributed by atoms with Gasteiger partial charge in [-0.05, 0) is 25.9 Å². The van der Waals surface area contributed by atoms with Crippen LogP contribution in [0.1, 0.15) is 12.8 Å². The fourth-order valence-corrected chi connectivity index (χ4v) is 1.82. The molecule has 11 heavy (non-hydrogen) atoms. The van der Waals surface area contributed by atoms with Gasteiger partial charge in [0.05, 0.1) is 6.16 Å². The predicted octanol–water partition coefficient (Wildman–Crippen LogP) is 0.260. The fourth-order valence-electron chi connectivity index (χ4n) is 1.28. The Hall–Kier alpha value is 0.110. The van der Waals surface area contributed by atoms with Crippen LogP contribution in [0.3, 0.4) is 0 Å². The van der Waals surface area contributed by atoms with E-state index in [1.54, 1.807) is 0 Å². The van der Waals surface area contributed by atoms with Crippen molar-refractivity contribution in [3.05, 3.63) is 0 Å². The first-order valence-corrected chi connectivity index (χ1v) is 5.65. The Morgan fingerprint density at radius 1 is 1.27 bits per heavy atom. The maximum Gasteiger partial charge on any atom is 0.326 e. The average molecular weight is 179 g/mol. The molecule has 4 nitrogen and oxygen atoms in total. The second-order valence-electron chi connectivity index (χ2n) is 2.94. The molecule has 0 bridgehead atoms. The minimum Gasteiger partial charge on any atom is -0.324 e. The monoisotopic (exact) mass is 179 g/mol. The molecule has 1 rings (SSSR count). The second-order valence-corrected chi connectivity index (χ2v) is 4.71. The smallest absolute Gasteiger partial charge is 0.324 e. The van der Waals surface area contributed by atoms with E-state index in [-0.39, 0.29) is 6.16 Å². The number of nitrogens with zero attached hydrogens (tertiary/aromatic N) is 1. The molecule has 0 spiro atoms. The van der Waals surface area contributed by atoms with Crippen LogP contribution in [0, 0.1) is 0 Å². The van der Waals surface area contributed by atoms with Crippen LogP contribution in [0.15, 0.2) is 0 Å². The van der Waals surface area contributed by atoms with Gasteiger partial charge < -0.3 is 14.7 Å². The molecule has 66 valence electrons. The van der Waals surface area contributed by atoms with Gasteiger partial charge in [-0.15, -0.1) is 0 Å². The van der Waals surface area contributed by atoms with Crippen LogP contribution in [0.2, 0.25) is 0 Å². The molecule has 0 amide bonds. The molecule has 5 heteroatoms. The van der Waals surface area contributed by atoms with Crippen molar-refractivity contribution in [3.63, 3.8) is 0 Å². The normalized spacial score (nSPS) is 20.9. The van der Waals surface area contributed by atoms with E-state index in [2.05, 4.69) is 4.90 Å². The van der Waals surface area contributed by atoms with Crippen molar-refractivity contribution in [3.8, 4) is 0 Å². The summed E-state index contributed by atoms with van der Waals surface area (Å²) in [6, 6.07) is 0. The van der Waals surface area contributed by atoms with Crippen molar-refractivity contribution in [2.75, 3.05) is 25.8 Å². The van der Waals surface area contributed by atoms with Gasteiger partial charge in [-0.2, -0.15) is 0 Å². The molecule has 1 aliphatic rings. The lowest BCUT2D eigenvalue weighted by Crippen LogP contribution is -2.22. The summed E-state index contributed by atoms with van der Waals surface area (Å²) in [5.41, 5.74) is 0. The Kier molecular flexibility index (Phi) is 3.07. The van der Waals surface area contributed by atoms with Crippen molar-refractivity contribution < 1.29 is 14.4 Å². The van der Waals surface area contributed by atoms with Gasteiger partial charge in [-0.1, -0.05) is 0 Å². The Labute approximate surface area is 66.4 Å². The van der Waals surface area contributed by atoms with Gasteiger partial charge in [0.25, 0.3) is 0 Å². The third kappa shape index (κ3) is 3.87. The zero-order valence-electron chi connectivity index (χ0n) is 6.44. The molecule has 0 aromatic heterocycles. The third-order valence-electron chi connectivity index (χ3n) is 1.91. The van der Waals surface area contributed by atoms with Crippen LogP contribution in [0.5, 0.6) is 0 Å². The molecule has 1 fully saturated rings. The first-order valence-electron chi connectivity index (χ1n) is 3.85. The average Bonchev–Trinajstić information content (AvgIpc) is 2.32. The van der Waals surface area contributed by atoms with Crippen LogP contribution in [-0.2, 0) is 4.57 Å². The van der Waals surface area contributed by atoms with Crippen LogP contribution in [-0.4, -0.2) is 40.5 Å². The molecule has 2 N–H and O–H groups in total. The third-order valence-corrected chi connectivity index (χ3v) is 2.69. The van der Waals surface area contributed by atoms with Gasteiger partial charge in [0, 0.05) is 6.54 Å². The molecule has 0 saturated carbocycles. The number of rotatable bonds is 3. The molecule has 1 aliphatic heterocycles. The molecule has 0 aliphatic carbocycles. The van der Waals surface area contributed by atoms with Crippen molar-refractivity contribution in [2.24, 2.45) is 0 Å². The molecule has 0 atom stereocenters. The number of hydrogen-bond donors (Lipinski definition) is 2. The lowest BCUT2D eigenvalue weighted by atomic mass is 10.4. The molecule has 1 heterocycles. The van der Waals surface area contributed by atoms with Crippen molar-refractivity contribution in [2.45, 2.75) is 12.8 Å².